The molecular formula is C15H12ClF3N2O3S. The van der Waals surface area contributed by atoms with Crippen LogP contribution >= 0.6 is 11.6 Å². The molecule has 0 saturated heterocycles. The Morgan fingerprint density at radius 3 is 2.32 bits per heavy atom. The van der Waals surface area contributed by atoms with Crippen molar-refractivity contribution in [2.24, 2.45) is 0 Å². The summed E-state index contributed by atoms with van der Waals surface area (Å²) < 4.78 is 66.7. The zero-order valence-electron chi connectivity index (χ0n) is 13.0. The number of nitrogens with zero attached hydrogens (tertiary/aromatic N) is 1. The standard InChI is InChI=1S/C15H12ClF3N2O3S/c1-21(2)15(22)9-4-3-8(16)7-11(9)20-25(23,24)12-6-5-10(17)13(18)14(12)19/h3-7,20H,1-2H3. The number of halogens is 4. The lowest BCUT2D eigenvalue weighted by Gasteiger charge is -2.16. The van der Waals surface area contributed by atoms with Crippen LogP contribution in [0.25, 0.3) is 0 Å². The number of hydrogen-bond donors (Lipinski definition) is 1. The van der Waals surface area contributed by atoms with Gasteiger partial charge in [-0.25, -0.2) is 21.6 Å². The van der Waals surface area contributed by atoms with Gasteiger partial charge in [-0.1, -0.05) is 11.6 Å². The van der Waals surface area contributed by atoms with Crippen LogP contribution in [0.3, 0.4) is 0 Å². The van der Waals surface area contributed by atoms with Crippen LogP contribution in [0.4, 0.5) is 18.9 Å². The molecule has 2 rings (SSSR count). The largest absolute Gasteiger partial charge is 0.345 e. The first-order chi connectivity index (χ1) is 11.5. The predicted molar refractivity (Wildman–Crippen MR) is 86.6 cm³/mol. The molecule has 134 valence electrons. The summed E-state index contributed by atoms with van der Waals surface area (Å²) in [5, 5.41) is 0.110. The Kier molecular flexibility index (Phi) is 5.28. The van der Waals surface area contributed by atoms with E-state index in [9.17, 15) is 26.4 Å². The molecule has 0 bridgehead atoms. The molecule has 0 spiro atoms. The molecule has 10 heteroatoms. The first-order valence-electron chi connectivity index (χ1n) is 6.72. The van der Waals surface area contributed by atoms with Crippen molar-refractivity contribution in [1.29, 1.82) is 0 Å². The molecule has 5 nitrogen and oxygen atoms in total. The Balaban J connectivity index is 2.54. The molecule has 0 fully saturated rings. The van der Waals surface area contributed by atoms with Crippen molar-refractivity contribution in [1.82, 2.24) is 4.90 Å². The lowest BCUT2D eigenvalue weighted by atomic mass is 10.1. The summed E-state index contributed by atoms with van der Waals surface area (Å²) in [5.74, 6) is -5.85. The number of rotatable bonds is 4. The molecule has 0 radical (unpaired) electrons. The van der Waals surface area contributed by atoms with Crippen molar-refractivity contribution in [3.63, 3.8) is 0 Å². The van der Waals surface area contributed by atoms with E-state index < -0.39 is 38.3 Å². The zero-order valence-corrected chi connectivity index (χ0v) is 14.6. The van der Waals surface area contributed by atoms with E-state index in [1.54, 1.807) is 0 Å². The average molecular weight is 393 g/mol. The van der Waals surface area contributed by atoms with E-state index >= 15 is 0 Å². The van der Waals surface area contributed by atoms with E-state index in [2.05, 4.69) is 0 Å². The fourth-order valence-corrected chi connectivity index (χ4v) is 3.26. The molecular weight excluding hydrogens is 381 g/mol. The summed E-state index contributed by atoms with van der Waals surface area (Å²) in [6, 6.07) is 4.86. The third-order valence-electron chi connectivity index (χ3n) is 3.15. The molecule has 0 heterocycles. The third-order valence-corrected chi connectivity index (χ3v) is 4.77. The van der Waals surface area contributed by atoms with E-state index in [0.29, 0.717) is 12.1 Å². The highest BCUT2D eigenvalue weighted by Gasteiger charge is 2.26. The highest BCUT2D eigenvalue weighted by Crippen LogP contribution is 2.27. The normalized spacial score (nSPS) is 11.3. The minimum atomic E-state index is -4.64. The van der Waals surface area contributed by atoms with Crippen molar-refractivity contribution in [3.8, 4) is 0 Å². The van der Waals surface area contributed by atoms with Crippen molar-refractivity contribution in [2.45, 2.75) is 4.90 Å². The van der Waals surface area contributed by atoms with Crippen LogP contribution in [-0.4, -0.2) is 33.3 Å². The minimum absolute atomic E-state index is 0.0547. The van der Waals surface area contributed by atoms with Crippen LogP contribution in [0.2, 0.25) is 5.02 Å². The summed E-state index contributed by atoms with van der Waals surface area (Å²) in [4.78, 5) is 12.2. The Labute approximate surface area is 147 Å². The Morgan fingerprint density at radius 2 is 1.72 bits per heavy atom. The van der Waals surface area contributed by atoms with Gasteiger partial charge in [0.25, 0.3) is 15.9 Å². The SMILES string of the molecule is CN(C)C(=O)c1ccc(Cl)cc1NS(=O)(=O)c1ccc(F)c(F)c1F. The maximum absolute atomic E-state index is 13.8. The van der Waals surface area contributed by atoms with Gasteiger partial charge in [0.2, 0.25) is 0 Å². The van der Waals surface area contributed by atoms with Crippen LogP contribution in [0, 0.1) is 17.5 Å². The van der Waals surface area contributed by atoms with Crippen LogP contribution in [0.5, 0.6) is 0 Å². The Hall–Kier alpha value is -2.26. The van der Waals surface area contributed by atoms with Crippen LogP contribution < -0.4 is 4.72 Å². The fourth-order valence-electron chi connectivity index (χ4n) is 1.94. The molecule has 1 amide bonds. The van der Waals surface area contributed by atoms with E-state index in [1.165, 1.54) is 31.1 Å². The molecule has 0 aliphatic carbocycles. The second-order valence-corrected chi connectivity index (χ2v) is 7.26. The smallest absolute Gasteiger partial charge is 0.264 e. The molecule has 0 atom stereocenters. The number of nitrogens with one attached hydrogen (secondary N) is 1. The number of benzene rings is 2. The molecule has 0 aromatic heterocycles. The number of carbonyl (C=O) groups excluding carboxylic acids is 1. The first kappa shape index (κ1) is 19.1. The lowest BCUT2D eigenvalue weighted by Crippen LogP contribution is -2.24. The number of carbonyl (C=O) groups is 1. The maximum atomic E-state index is 13.8. The second kappa shape index (κ2) is 6.93. The second-order valence-electron chi connectivity index (χ2n) is 5.17. The quantitative estimate of drug-likeness (QED) is 0.812. The summed E-state index contributed by atoms with van der Waals surface area (Å²) in [6.07, 6.45) is 0. The van der Waals surface area contributed by atoms with Crippen LogP contribution in [0.1, 0.15) is 10.4 Å². The van der Waals surface area contributed by atoms with Crippen molar-refractivity contribution >= 4 is 33.2 Å². The molecule has 0 saturated carbocycles. The van der Waals surface area contributed by atoms with Gasteiger partial charge in [0, 0.05) is 19.1 Å². The monoisotopic (exact) mass is 392 g/mol. The summed E-state index contributed by atoms with van der Waals surface area (Å²) in [6.45, 7) is 0. The molecule has 1 N–H and O–H groups in total. The Morgan fingerprint density at radius 1 is 1.08 bits per heavy atom. The topological polar surface area (TPSA) is 66.5 Å². The fraction of sp³-hybridized carbons (Fsp3) is 0.133. The molecule has 0 aliphatic heterocycles. The highest BCUT2D eigenvalue weighted by atomic mass is 35.5. The van der Waals surface area contributed by atoms with Gasteiger partial charge in [-0.15, -0.1) is 0 Å². The molecule has 2 aromatic rings. The van der Waals surface area contributed by atoms with E-state index in [4.69, 9.17) is 11.6 Å². The van der Waals surface area contributed by atoms with E-state index in [1.807, 2.05) is 4.72 Å². The highest BCUT2D eigenvalue weighted by molar-refractivity contribution is 7.92. The third kappa shape index (κ3) is 3.88. The minimum Gasteiger partial charge on any atom is -0.345 e. The predicted octanol–water partition coefficient (Wildman–Crippen LogP) is 3.26. The molecule has 0 aliphatic rings. The van der Waals surface area contributed by atoms with Gasteiger partial charge in [0.05, 0.1) is 11.3 Å². The van der Waals surface area contributed by atoms with Crippen molar-refractivity contribution in [3.05, 3.63) is 58.4 Å². The first-order valence-corrected chi connectivity index (χ1v) is 8.58. The van der Waals surface area contributed by atoms with Gasteiger partial charge < -0.3 is 4.90 Å². The van der Waals surface area contributed by atoms with Gasteiger partial charge in [-0.05, 0) is 30.3 Å². The van der Waals surface area contributed by atoms with Gasteiger partial charge >= 0.3 is 0 Å². The van der Waals surface area contributed by atoms with Gasteiger partial charge in [0.1, 0.15) is 4.90 Å². The lowest BCUT2D eigenvalue weighted by molar-refractivity contribution is 0.0828. The summed E-state index contributed by atoms with van der Waals surface area (Å²) in [5.41, 5.74) is -0.281. The molecule has 25 heavy (non-hydrogen) atoms. The van der Waals surface area contributed by atoms with Gasteiger partial charge in [-0.2, -0.15) is 0 Å². The zero-order chi connectivity index (χ0) is 18.9. The van der Waals surface area contributed by atoms with Crippen molar-refractivity contribution in [2.75, 3.05) is 18.8 Å². The summed E-state index contributed by atoms with van der Waals surface area (Å²) in [7, 11) is -1.75. The summed E-state index contributed by atoms with van der Waals surface area (Å²) >= 11 is 5.81. The number of amides is 1. The Bertz CT molecular complexity index is 949. The number of anilines is 1. The number of sulfonamides is 1. The molecule has 0 unspecified atom stereocenters. The van der Waals surface area contributed by atoms with Gasteiger partial charge in [0.15, 0.2) is 17.5 Å². The maximum Gasteiger partial charge on any atom is 0.264 e. The van der Waals surface area contributed by atoms with Crippen LogP contribution in [0.15, 0.2) is 35.2 Å². The van der Waals surface area contributed by atoms with E-state index in [-0.39, 0.29) is 16.3 Å². The van der Waals surface area contributed by atoms with Crippen LogP contribution in [-0.2, 0) is 10.0 Å². The van der Waals surface area contributed by atoms with Gasteiger partial charge in [-0.3, -0.25) is 9.52 Å². The molecule has 2 aromatic carbocycles. The van der Waals surface area contributed by atoms with Crippen molar-refractivity contribution < 1.29 is 26.4 Å². The average Bonchev–Trinajstić information content (AvgIpc) is 2.51. The number of hydrogen-bond acceptors (Lipinski definition) is 3. The van der Waals surface area contributed by atoms with E-state index in [0.717, 1.165) is 6.07 Å².